The van der Waals surface area contributed by atoms with Crippen molar-refractivity contribution in [2.24, 2.45) is 5.73 Å². The molecule has 0 spiro atoms. The molecule has 1 aromatic rings. The van der Waals surface area contributed by atoms with Gasteiger partial charge in [0.15, 0.2) is 11.6 Å². The first-order valence-corrected chi connectivity index (χ1v) is 10.3. The van der Waals surface area contributed by atoms with Gasteiger partial charge in [0.25, 0.3) is 0 Å². The zero-order valence-electron chi connectivity index (χ0n) is 13.9. The smallest absolute Gasteiger partial charge is 0.164 e. The summed E-state index contributed by atoms with van der Waals surface area (Å²) in [5.41, 5.74) is 8.10. The first-order valence-electron chi connectivity index (χ1n) is 8.04. The van der Waals surface area contributed by atoms with Gasteiger partial charge in [-0.1, -0.05) is 24.3 Å². The number of rotatable bonds is 3. The molecule has 2 atom stereocenters. The molecule has 0 bridgehead atoms. The van der Waals surface area contributed by atoms with Crippen LogP contribution >= 0.6 is 23.5 Å². The van der Waals surface area contributed by atoms with Crippen LogP contribution in [0.5, 0.6) is 0 Å². The summed E-state index contributed by atoms with van der Waals surface area (Å²) in [6, 6.07) is 7.78. The minimum atomic E-state index is -0.373. The normalized spacial score (nSPS) is 23.5. The molecule has 0 unspecified atom stereocenters. The van der Waals surface area contributed by atoms with Crippen LogP contribution < -0.4 is 16.4 Å². The lowest BCUT2D eigenvalue weighted by molar-refractivity contribution is -0.121. The zero-order valence-corrected chi connectivity index (χ0v) is 15.6. The molecular weight excluding hydrogens is 342 g/mol. The Hall–Kier alpha value is -0.860. The van der Waals surface area contributed by atoms with E-state index in [0.717, 1.165) is 11.5 Å². The SMILES string of the molecule is CN[C@H]1CSCc2ccccc2CSC[C@@H](C(=O)CN)NCC1=O. The number of carbonyl (C=O) groups excluding carboxylic acids is 2. The number of nitrogens with two attached hydrogens (primary N) is 1. The van der Waals surface area contributed by atoms with Crippen molar-refractivity contribution in [3.8, 4) is 0 Å². The Morgan fingerprint density at radius 2 is 1.88 bits per heavy atom. The van der Waals surface area contributed by atoms with E-state index in [1.807, 2.05) is 12.1 Å². The molecule has 0 radical (unpaired) electrons. The van der Waals surface area contributed by atoms with E-state index in [4.69, 9.17) is 5.73 Å². The Kier molecular flexibility index (Phi) is 8.28. The Balaban J connectivity index is 2.15. The average Bonchev–Trinajstić information content (AvgIpc) is 2.62. The van der Waals surface area contributed by atoms with Crippen molar-refractivity contribution in [2.45, 2.75) is 23.6 Å². The highest BCUT2D eigenvalue weighted by atomic mass is 32.2. The topological polar surface area (TPSA) is 84.2 Å². The zero-order chi connectivity index (χ0) is 17.4. The fourth-order valence-electron chi connectivity index (χ4n) is 2.50. The number of nitrogens with one attached hydrogen (secondary N) is 2. The molecule has 4 N–H and O–H groups in total. The molecule has 5 nitrogen and oxygen atoms in total. The number of thioether (sulfide) groups is 2. The Labute approximate surface area is 151 Å². The van der Waals surface area contributed by atoms with Crippen LogP contribution in [0, 0.1) is 0 Å². The number of fused-ring (bicyclic) bond motifs is 1. The van der Waals surface area contributed by atoms with E-state index in [0.29, 0.717) is 11.5 Å². The van der Waals surface area contributed by atoms with E-state index >= 15 is 0 Å². The van der Waals surface area contributed by atoms with Crippen LogP contribution in [0.2, 0.25) is 0 Å². The van der Waals surface area contributed by atoms with Crippen molar-refractivity contribution in [3.63, 3.8) is 0 Å². The van der Waals surface area contributed by atoms with Gasteiger partial charge in [-0.25, -0.2) is 0 Å². The lowest BCUT2D eigenvalue weighted by Crippen LogP contribution is -2.48. The molecule has 7 heteroatoms. The van der Waals surface area contributed by atoms with Crippen molar-refractivity contribution >= 4 is 35.1 Å². The molecule has 0 amide bonds. The maximum absolute atomic E-state index is 12.4. The molecule has 132 valence electrons. The number of benzene rings is 1. The molecule has 1 heterocycles. The van der Waals surface area contributed by atoms with Gasteiger partial charge in [-0.3, -0.25) is 14.9 Å². The van der Waals surface area contributed by atoms with Crippen LogP contribution in [-0.4, -0.2) is 55.3 Å². The summed E-state index contributed by atoms with van der Waals surface area (Å²) in [5.74, 6) is 3.12. The third-order valence-corrected chi connectivity index (χ3v) is 6.22. The number of hydrogen-bond donors (Lipinski definition) is 3. The first-order chi connectivity index (χ1) is 11.7. The van der Waals surface area contributed by atoms with Crippen LogP contribution in [0.1, 0.15) is 11.1 Å². The maximum atomic E-state index is 12.4. The van der Waals surface area contributed by atoms with E-state index in [1.165, 1.54) is 11.1 Å². The number of likely N-dealkylation sites (N-methyl/N-ethyl adjacent to an activating group) is 1. The molecule has 1 aromatic carbocycles. The molecule has 0 aromatic heterocycles. The van der Waals surface area contributed by atoms with Crippen molar-refractivity contribution in [1.29, 1.82) is 0 Å². The summed E-state index contributed by atoms with van der Waals surface area (Å²) in [7, 11) is 1.80. The number of ketones is 2. The van der Waals surface area contributed by atoms with Gasteiger partial charge in [0.05, 0.1) is 25.2 Å². The van der Waals surface area contributed by atoms with Crippen molar-refractivity contribution in [2.75, 3.05) is 31.6 Å². The standard InChI is InChI=1S/C17H25N3O2S2/c1-19-14-10-23-8-12-4-2-3-5-13(12)9-24-11-15(16(21)6-18)20-7-17(14)22/h2-5,14-15,19-20H,6-11,18H2,1H3/t14-,15-/m0/s1. The number of Topliss-reactive ketones (excluding diaryl/α,β-unsaturated/α-hetero) is 2. The predicted molar refractivity (Wildman–Crippen MR) is 102 cm³/mol. The minimum absolute atomic E-state index is 0.00564. The van der Waals surface area contributed by atoms with Crippen LogP contribution in [0.25, 0.3) is 0 Å². The average molecular weight is 368 g/mol. The molecule has 0 fully saturated rings. The van der Waals surface area contributed by atoms with Gasteiger partial charge in [0.1, 0.15) is 0 Å². The maximum Gasteiger partial charge on any atom is 0.164 e. The quantitative estimate of drug-likeness (QED) is 0.729. The molecule has 2 rings (SSSR count). The first kappa shape index (κ1) is 19.5. The summed E-state index contributed by atoms with van der Waals surface area (Å²) in [6.07, 6.45) is 0. The minimum Gasteiger partial charge on any atom is -0.324 e. The van der Waals surface area contributed by atoms with Gasteiger partial charge in [-0.2, -0.15) is 23.5 Å². The third-order valence-electron chi connectivity index (χ3n) is 4.05. The Morgan fingerprint density at radius 3 is 2.46 bits per heavy atom. The van der Waals surface area contributed by atoms with E-state index in [-0.39, 0.29) is 36.7 Å². The highest BCUT2D eigenvalue weighted by Crippen LogP contribution is 2.22. The van der Waals surface area contributed by atoms with Crippen molar-refractivity contribution < 1.29 is 9.59 Å². The molecule has 0 aliphatic carbocycles. The van der Waals surface area contributed by atoms with E-state index in [2.05, 4.69) is 22.8 Å². The summed E-state index contributed by atoms with van der Waals surface area (Å²) in [5, 5.41) is 6.18. The van der Waals surface area contributed by atoms with Gasteiger partial charge in [-0.05, 0) is 18.2 Å². The number of hydrogen-bond acceptors (Lipinski definition) is 7. The third kappa shape index (κ3) is 5.60. The Bertz CT molecular complexity index is 569. The van der Waals surface area contributed by atoms with Gasteiger partial charge < -0.3 is 11.1 Å². The summed E-state index contributed by atoms with van der Waals surface area (Å²) in [4.78, 5) is 24.4. The highest BCUT2D eigenvalue weighted by Gasteiger charge is 2.22. The summed E-state index contributed by atoms with van der Waals surface area (Å²) in [6.45, 7) is 0.185. The second-order valence-corrected chi connectivity index (χ2v) is 7.77. The molecule has 1 aliphatic rings. The van der Waals surface area contributed by atoms with Gasteiger partial charge in [0.2, 0.25) is 0 Å². The van der Waals surface area contributed by atoms with E-state index < -0.39 is 0 Å². The fraction of sp³-hybridized carbons (Fsp3) is 0.529. The van der Waals surface area contributed by atoms with Crippen LogP contribution in [-0.2, 0) is 21.1 Å². The molecule has 0 saturated carbocycles. The van der Waals surface area contributed by atoms with Crippen molar-refractivity contribution in [1.82, 2.24) is 10.6 Å². The van der Waals surface area contributed by atoms with Gasteiger partial charge >= 0.3 is 0 Å². The largest absolute Gasteiger partial charge is 0.324 e. The molecule has 1 aliphatic heterocycles. The molecule has 24 heavy (non-hydrogen) atoms. The van der Waals surface area contributed by atoms with E-state index in [1.54, 1.807) is 30.6 Å². The lowest BCUT2D eigenvalue weighted by Gasteiger charge is -2.18. The summed E-state index contributed by atoms with van der Waals surface area (Å²) >= 11 is 3.46. The van der Waals surface area contributed by atoms with E-state index in [9.17, 15) is 9.59 Å². The molecular formula is C17H25N3O2S2. The van der Waals surface area contributed by atoms with Crippen LogP contribution in [0.4, 0.5) is 0 Å². The summed E-state index contributed by atoms with van der Waals surface area (Å²) < 4.78 is 0. The van der Waals surface area contributed by atoms with Crippen molar-refractivity contribution in [3.05, 3.63) is 35.4 Å². The molecule has 0 saturated heterocycles. The second-order valence-electron chi connectivity index (χ2n) is 5.71. The van der Waals surface area contributed by atoms with Crippen LogP contribution in [0.3, 0.4) is 0 Å². The number of carbonyl (C=O) groups is 2. The Morgan fingerprint density at radius 1 is 1.25 bits per heavy atom. The predicted octanol–water partition coefficient (Wildman–Crippen LogP) is 0.810. The monoisotopic (exact) mass is 367 g/mol. The van der Waals surface area contributed by atoms with Gasteiger partial charge in [-0.15, -0.1) is 0 Å². The second kappa shape index (κ2) is 10.2. The van der Waals surface area contributed by atoms with Gasteiger partial charge in [0, 0.05) is 23.0 Å². The van der Waals surface area contributed by atoms with Crippen LogP contribution in [0.15, 0.2) is 24.3 Å². The fourth-order valence-corrected chi connectivity index (χ4v) is 4.87. The lowest BCUT2D eigenvalue weighted by atomic mass is 10.1. The highest BCUT2D eigenvalue weighted by molar-refractivity contribution is 7.98.